The molecule has 0 spiro atoms. The minimum absolute atomic E-state index is 0.00123. The molecule has 11 nitrogen and oxygen atoms in total. The van der Waals surface area contributed by atoms with Crippen molar-refractivity contribution in [3.8, 4) is 0 Å². The van der Waals surface area contributed by atoms with Gasteiger partial charge in [0.15, 0.2) is 0 Å². The average molecular weight is 538 g/mol. The maximum Gasteiger partial charge on any atom is 0.303 e. The van der Waals surface area contributed by atoms with Crippen molar-refractivity contribution in [2.24, 2.45) is 0 Å². The molecule has 0 aliphatic heterocycles. The molecule has 0 radical (unpaired) electrons. The van der Waals surface area contributed by atoms with Gasteiger partial charge in [-0.1, -0.05) is 32.6 Å². The summed E-state index contributed by atoms with van der Waals surface area (Å²) in [7, 11) is 0. The van der Waals surface area contributed by atoms with Gasteiger partial charge in [-0.05, 0) is 12.8 Å². The number of carbonyl (C=O) groups is 2. The summed E-state index contributed by atoms with van der Waals surface area (Å²) < 4.78 is 38.2. The molecule has 0 aromatic rings. The Bertz CT molecular complexity index is 496. The summed E-state index contributed by atoms with van der Waals surface area (Å²) >= 11 is 0. The number of rotatable bonds is 31. The molecule has 0 heterocycles. The lowest BCUT2D eigenvalue weighted by Gasteiger charge is -2.08. The number of unbranched alkanes of at least 4 members (excludes halogenated alkanes) is 4. The number of amides is 1. The fourth-order valence-electron chi connectivity index (χ4n) is 2.94. The Morgan fingerprint density at radius 2 is 0.892 bits per heavy atom. The van der Waals surface area contributed by atoms with Crippen molar-refractivity contribution in [1.82, 2.24) is 5.32 Å². The molecule has 0 saturated carbocycles. The van der Waals surface area contributed by atoms with Gasteiger partial charge in [-0.3, -0.25) is 9.59 Å². The monoisotopic (exact) mass is 537 g/mol. The Morgan fingerprint density at radius 3 is 1.30 bits per heavy atom. The third-order valence-electron chi connectivity index (χ3n) is 4.98. The van der Waals surface area contributed by atoms with Crippen LogP contribution in [0.2, 0.25) is 0 Å². The number of nitrogens with one attached hydrogen (secondary N) is 1. The van der Waals surface area contributed by atoms with Crippen LogP contribution in [0.5, 0.6) is 0 Å². The van der Waals surface area contributed by atoms with Crippen molar-refractivity contribution in [2.75, 3.05) is 99.0 Å². The average Bonchev–Trinajstić information content (AvgIpc) is 2.89. The van der Waals surface area contributed by atoms with Crippen LogP contribution in [-0.4, -0.2) is 116 Å². The highest BCUT2D eigenvalue weighted by molar-refractivity contribution is 5.80. The molecule has 1 amide bonds. The van der Waals surface area contributed by atoms with Crippen LogP contribution in [0.1, 0.15) is 58.3 Å². The molecule has 0 rings (SSSR count). The van der Waals surface area contributed by atoms with Gasteiger partial charge in [0.2, 0.25) is 5.91 Å². The third kappa shape index (κ3) is 32.6. The summed E-state index contributed by atoms with van der Waals surface area (Å²) in [5.41, 5.74) is 0. The summed E-state index contributed by atoms with van der Waals surface area (Å²) in [4.78, 5) is 21.7. The molecule has 0 aromatic heterocycles. The van der Waals surface area contributed by atoms with Crippen LogP contribution < -0.4 is 5.32 Å². The van der Waals surface area contributed by atoms with Gasteiger partial charge in [0.1, 0.15) is 0 Å². The van der Waals surface area contributed by atoms with Crippen LogP contribution in [0.3, 0.4) is 0 Å². The Kier molecular flexibility index (Phi) is 29.8. The molecule has 0 unspecified atom stereocenters. The van der Waals surface area contributed by atoms with Crippen molar-refractivity contribution in [1.29, 1.82) is 0 Å². The summed E-state index contributed by atoms with van der Waals surface area (Å²) in [6.45, 7) is 10.3. The normalized spacial score (nSPS) is 11.2. The second-order valence-electron chi connectivity index (χ2n) is 8.30. The van der Waals surface area contributed by atoms with Crippen LogP contribution in [0.15, 0.2) is 0 Å². The highest BCUT2D eigenvalue weighted by atomic mass is 16.6. The molecular formula is C26H51NO10. The minimum Gasteiger partial charge on any atom is -0.481 e. The van der Waals surface area contributed by atoms with Crippen LogP contribution in [-0.2, 0) is 42.7 Å². The largest absolute Gasteiger partial charge is 0.481 e. The van der Waals surface area contributed by atoms with Gasteiger partial charge in [-0.25, -0.2) is 0 Å². The predicted molar refractivity (Wildman–Crippen MR) is 139 cm³/mol. The summed E-state index contributed by atoms with van der Waals surface area (Å²) in [6, 6.07) is 0. The molecule has 220 valence electrons. The molecule has 0 fully saturated rings. The quantitative estimate of drug-likeness (QED) is 0.127. The molecule has 2 N–H and O–H groups in total. The maximum absolute atomic E-state index is 11.3. The lowest BCUT2D eigenvalue weighted by molar-refractivity contribution is -0.138. The van der Waals surface area contributed by atoms with Crippen LogP contribution >= 0.6 is 0 Å². The Balaban J connectivity index is 3.07. The predicted octanol–water partition coefficient (Wildman–Crippen LogP) is 2.44. The SMILES string of the molecule is CCCCCCCOCCOCCOCCOCCOCCOCCOCCCNC(=O)CCC(=O)O. The zero-order valence-electron chi connectivity index (χ0n) is 22.9. The number of aliphatic carboxylic acids is 1. The van der Waals surface area contributed by atoms with E-state index in [9.17, 15) is 9.59 Å². The second kappa shape index (κ2) is 30.9. The zero-order valence-corrected chi connectivity index (χ0v) is 22.9. The summed E-state index contributed by atoms with van der Waals surface area (Å²) in [6.07, 6.45) is 6.75. The minimum atomic E-state index is -0.976. The Labute approximate surface area is 222 Å². The first-order valence-corrected chi connectivity index (χ1v) is 13.7. The lowest BCUT2D eigenvalue weighted by Crippen LogP contribution is -2.25. The molecule has 0 bridgehead atoms. The molecule has 0 saturated heterocycles. The number of carbonyl (C=O) groups excluding carboxylic acids is 1. The van der Waals surface area contributed by atoms with E-state index in [2.05, 4.69) is 12.2 Å². The van der Waals surface area contributed by atoms with Gasteiger partial charge >= 0.3 is 5.97 Å². The molecule has 0 aliphatic rings. The topological polar surface area (TPSA) is 131 Å². The van der Waals surface area contributed by atoms with Crippen molar-refractivity contribution < 1.29 is 47.9 Å². The van der Waals surface area contributed by atoms with E-state index in [1.807, 2.05) is 0 Å². The Morgan fingerprint density at radius 1 is 0.514 bits per heavy atom. The van der Waals surface area contributed by atoms with E-state index in [1.54, 1.807) is 0 Å². The maximum atomic E-state index is 11.3. The first-order chi connectivity index (χ1) is 18.2. The fourth-order valence-corrected chi connectivity index (χ4v) is 2.94. The molecule has 0 aliphatic carbocycles. The number of ether oxygens (including phenoxy) is 7. The smallest absolute Gasteiger partial charge is 0.303 e. The van der Waals surface area contributed by atoms with E-state index >= 15 is 0 Å². The first kappa shape index (κ1) is 35.7. The van der Waals surface area contributed by atoms with E-state index in [-0.39, 0.29) is 18.7 Å². The van der Waals surface area contributed by atoms with Gasteiger partial charge in [0.25, 0.3) is 0 Å². The molecule has 11 heteroatoms. The van der Waals surface area contributed by atoms with E-state index in [1.165, 1.54) is 25.7 Å². The summed E-state index contributed by atoms with van der Waals surface area (Å²) in [5.74, 6) is -1.23. The fraction of sp³-hybridized carbons (Fsp3) is 0.923. The van der Waals surface area contributed by atoms with E-state index in [4.69, 9.17) is 38.3 Å². The van der Waals surface area contributed by atoms with Gasteiger partial charge < -0.3 is 43.6 Å². The van der Waals surface area contributed by atoms with Gasteiger partial charge in [-0.15, -0.1) is 0 Å². The standard InChI is InChI=1S/C26H51NO10/c1-2-3-4-5-6-11-31-13-15-33-17-19-35-21-23-37-24-22-36-20-18-34-16-14-32-12-7-10-27-25(28)8-9-26(29)30/h2-24H2,1H3,(H,27,28)(H,29,30). The number of carboxylic acids is 1. The number of hydrogen-bond donors (Lipinski definition) is 2. The number of hydrogen-bond acceptors (Lipinski definition) is 9. The molecule has 0 atom stereocenters. The number of carboxylic acid groups (broad SMARTS) is 1. The van der Waals surface area contributed by atoms with Crippen LogP contribution in [0, 0.1) is 0 Å². The van der Waals surface area contributed by atoms with Crippen LogP contribution in [0.4, 0.5) is 0 Å². The van der Waals surface area contributed by atoms with Crippen molar-refractivity contribution in [3.63, 3.8) is 0 Å². The molecule has 37 heavy (non-hydrogen) atoms. The van der Waals surface area contributed by atoms with Gasteiger partial charge in [0, 0.05) is 26.2 Å². The van der Waals surface area contributed by atoms with Crippen LogP contribution in [0.25, 0.3) is 0 Å². The van der Waals surface area contributed by atoms with E-state index < -0.39 is 5.97 Å². The van der Waals surface area contributed by atoms with Gasteiger partial charge in [-0.2, -0.15) is 0 Å². The van der Waals surface area contributed by atoms with E-state index in [0.717, 1.165) is 13.0 Å². The Hall–Kier alpha value is -1.34. The first-order valence-electron chi connectivity index (χ1n) is 13.7. The molecule has 0 aromatic carbocycles. The highest BCUT2D eigenvalue weighted by Crippen LogP contribution is 2.02. The highest BCUT2D eigenvalue weighted by Gasteiger charge is 2.04. The van der Waals surface area contributed by atoms with Crippen molar-refractivity contribution >= 4 is 11.9 Å². The molecular weight excluding hydrogens is 486 g/mol. The van der Waals surface area contributed by atoms with Crippen molar-refractivity contribution in [2.45, 2.75) is 58.3 Å². The lowest BCUT2D eigenvalue weighted by atomic mass is 10.2. The second-order valence-corrected chi connectivity index (χ2v) is 8.30. The van der Waals surface area contributed by atoms with E-state index in [0.29, 0.717) is 98.9 Å². The third-order valence-corrected chi connectivity index (χ3v) is 4.98. The van der Waals surface area contributed by atoms with Crippen molar-refractivity contribution in [3.05, 3.63) is 0 Å². The summed E-state index contributed by atoms with van der Waals surface area (Å²) in [5, 5.41) is 11.2. The zero-order chi connectivity index (χ0) is 27.1. The van der Waals surface area contributed by atoms with Gasteiger partial charge in [0.05, 0.1) is 85.7 Å².